The number of nitrogens with zero attached hydrogens (tertiary/aromatic N) is 1. The van der Waals surface area contributed by atoms with E-state index < -0.39 is 9.84 Å². The summed E-state index contributed by atoms with van der Waals surface area (Å²) in [4.78, 5) is 2.36. The molecule has 0 saturated carbocycles. The van der Waals surface area contributed by atoms with Gasteiger partial charge in [0.15, 0.2) is 9.84 Å². The van der Waals surface area contributed by atoms with Crippen molar-refractivity contribution >= 4 is 9.84 Å². The van der Waals surface area contributed by atoms with Crippen LogP contribution in [-0.2, 0) is 16.4 Å². The Morgan fingerprint density at radius 3 is 2.56 bits per heavy atom. The van der Waals surface area contributed by atoms with Gasteiger partial charge >= 0.3 is 0 Å². The molecule has 0 unspecified atom stereocenters. The maximum Gasteiger partial charge on any atom is 0.150 e. The van der Waals surface area contributed by atoms with Crippen LogP contribution in [0.15, 0.2) is 30.3 Å². The molecule has 0 radical (unpaired) electrons. The fourth-order valence-corrected chi connectivity index (χ4v) is 5.37. The molecule has 3 nitrogen and oxygen atoms in total. The van der Waals surface area contributed by atoms with Crippen LogP contribution >= 0.6 is 0 Å². The van der Waals surface area contributed by atoms with Crippen molar-refractivity contribution < 1.29 is 8.42 Å². The van der Waals surface area contributed by atoms with Gasteiger partial charge in [-0.25, -0.2) is 8.42 Å². The number of hydrogen-bond donors (Lipinski definition) is 0. The van der Waals surface area contributed by atoms with Gasteiger partial charge in [0.2, 0.25) is 0 Å². The largest absolute Gasteiger partial charge is 0.298 e. The number of benzene rings is 1. The third-order valence-corrected chi connectivity index (χ3v) is 6.02. The molecule has 1 aromatic rings. The van der Waals surface area contributed by atoms with Gasteiger partial charge in [0, 0.05) is 25.0 Å². The first-order valence-electron chi connectivity index (χ1n) is 6.54. The quantitative estimate of drug-likeness (QED) is 0.817. The second-order valence-electron chi connectivity index (χ2n) is 5.83. The van der Waals surface area contributed by atoms with Crippen molar-refractivity contribution in [1.82, 2.24) is 4.90 Å². The molecule has 0 aromatic heterocycles. The first kappa shape index (κ1) is 12.2. The molecule has 2 heterocycles. The average molecular weight is 265 g/mol. The van der Waals surface area contributed by atoms with Gasteiger partial charge in [-0.15, -0.1) is 0 Å². The molecule has 2 saturated heterocycles. The van der Waals surface area contributed by atoms with E-state index >= 15 is 0 Å². The molecule has 0 atom stereocenters. The fourth-order valence-electron chi connectivity index (χ4n) is 3.38. The van der Waals surface area contributed by atoms with E-state index in [0.29, 0.717) is 11.5 Å². The van der Waals surface area contributed by atoms with Crippen LogP contribution in [0, 0.1) is 5.41 Å². The summed E-state index contributed by atoms with van der Waals surface area (Å²) in [7, 11) is -2.77. The van der Waals surface area contributed by atoms with E-state index in [1.54, 1.807) is 0 Å². The van der Waals surface area contributed by atoms with Gasteiger partial charge in [-0.2, -0.15) is 0 Å². The van der Waals surface area contributed by atoms with Gasteiger partial charge in [-0.3, -0.25) is 4.90 Å². The zero-order valence-corrected chi connectivity index (χ0v) is 11.3. The molecule has 0 N–H and O–H groups in total. The van der Waals surface area contributed by atoms with E-state index in [9.17, 15) is 8.42 Å². The number of rotatable bonds is 2. The second kappa shape index (κ2) is 4.35. The third kappa shape index (κ3) is 2.45. The van der Waals surface area contributed by atoms with E-state index in [2.05, 4.69) is 29.2 Å². The highest BCUT2D eigenvalue weighted by Crippen LogP contribution is 2.40. The van der Waals surface area contributed by atoms with Crippen LogP contribution in [0.25, 0.3) is 0 Å². The first-order chi connectivity index (χ1) is 8.57. The molecule has 18 heavy (non-hydrogen) atoms. The zero-order valence-electron chi connectivity index (χ0n) is 10.5. The lowest BCUT2D eigenvalue weighted by atomic mass is 9.77. The highest BCUT2D eigenvalue weighted by molar-refractivity contribution is 7.91. The van der Waals surface area contributed by atoms with E-state index in [-0.39, 0.29) is 5.41 Å². The summed E-state index contributed by atoms with van der Waals surface area (Å²) < 4.78 is 23.4. The normalized spacial score (nSPS) is 25.8. The minimum Gasteiger partial charge on any atom is -0.298 e. The molecule has 0 amide bonds. The zero-order chi connectivity index (χ0) is 12.6. The van der Waals surface area contributed by atoms with Crippen LogP contribution in [0.1, 0.15) is 18.4 Å². The molecule has 2 aliphatic rings. The van der Waals surface area contributed by atoms with Crippen LogP contribution < -0.4 is 0 Å². The van der Waals surface area contributed by atoms with Crippen molar-refractivity contribution in [1.29, 1.82) is 0 Å². The van der Waals surface area contributed by atoms with Crippen LogP contribution in [0.2, 0.25) is 0 Å². The van der Waals surface area contributed by atoms with Crippen molar-refractivity contribution in [2.45, 2.75) is 19.4 Å². The van der Waals surface area contributed by atoms with Gasteiger partial charge in [0.1, 0.15) is 0 Å². The van der Waals surface area contributed by atoms with Gasteiger partial charge in [-0.1, -0.05) is 30.3 Å². The number of hydrogen-bond acceptors (Lipinski definition) is 3. The molecular weight excluding hydrogens is 246 g/mol. The Bertz CT molecular complexity index is 518. The summed E-state index contributed by atoms with van der Waals surface area (Å²) in [6.45, 7) is 2.84. The molecule has 2 aliphatic heterocycles. The molecule has 2 fully saturated rings. The summed E-state index contributed by atoms with van der Waals surface area (Å²) in [5.74, 6) is 0.804. The molecule has 0 aliphatic carbocycles. The molecule has 4 heteroatoms. The van der Waals surface area contributed by atoms with Gasteiger partial charge in [0.05, 0.1) is 11.5 Å². The predicted molar refractivity (Wildman–Crippen MR) is 72.0 cm³/mol. The lowest BCUT2D eigenvalue weighted by Crippen LogP contribution is -2.60. The van der Waals surface area contributed by atoms with Gasteiger partial charge in [0.25, 0.3) is 0 Å². The SMILES string of the molecule is O=S1(=O)CCCC2(CN(Cc3ccccc3)C2)C1. The Hall–Kier alpha value is -0.870. The Balaban J connectivity index is 1.60. The Labute approximate surface area is 109 Å². The van der Waals surface area contributed by atoms with Crippen molar-refractivity contribution in [2.24, 2.45) is 5.41 Å². The Morgan fingerprint density at radius 2 is 1.89 bits per heavy atom. The van der Waals surface area contributed by atoms with Crippen LogP contribution in [0.4, 0.5) is 0 Å². The lowest BCUT2D eigenvalue weighted by molar-refractivity contribution is 0.00212. The van der Waals surface area contributed by atoms with Gasteiger partial charge < -0.3 is 0 Å². The van der Waals surface area contributed by atoms with Crippen LogP contribution in [-0.4, -0.2) is 37.9 Å². The molecule has 1 aromatic carbocycles. The van der Waals surface area contributed by atoms with Crippen LogP contribution in [0.3, 0.4) is 0 Å². The maximum atomic E-state index is 11.7. The molecule has 3 rings (SSSR count). The average Bonchev–Trinajstić information content (AvgIpc) is 2.27. The summed E-state index contributed by atoms with van der Waals surface area (Å²) in [6, 6.07) is 10.4. The van der Waals surface area contributed by atoms with E-state index in [1.165, 1.54) is 5.56 Å². The molecule has 98 valence electrons. The smallest absolute Gasteiger partial charge is 0.150 e. The number of sulfone groups is 1. The Morgan fingerprint density at radius 1 is 1.17 bits per heavy atom. The van der Waals surface area contributed by atoms with Crippen molar-refractivity contribution in [3.8, 4) is 0 Å². The summed E-state index contributed by atoms with van der Waals surface area (Å²) in [5.41, 5.74) is 1.39. The summed E-state index contributed by atoms with van der Waals surface area (Å²) in [5, 5.41) is 0. The number of likely N-dealkylation sites (tertiary alicyclic amines) is 1. The molecule has 1 spiro atoms. The molecular formula is C14H19NO2S. The standard InChI is InChI=1S/C14H19NO2S/c16-18(17)8-4-7-14(12-18)10-15(11-14)9-13-5-2-1-3-6-13/h1-3,5-6H,4,7-12H2. The highest BCUT2D eigenvalue weighted by Gasteiger charge is 2.47. The minimum absolute atomic E-state index is 0.0753. The Kier molecular flexibility index (Phi) is 2.94. The predicted octanol–water partition coefficient (Wildman–Crippen LogP) is 1.70. The van der Waals surface area contributed by atoms with Crippen molar-refractivity contribution in [3.63, 3.8) is 0 Å². The monoisotopic (exact) mass is 265 g/mol. The maximum absolute atomic E-state index is 11.7. The second-order valence-corrected chi connectivity index (χ2v) is 8.01. The summed E-state index contributed by atoms with van der Waals surface area (Å²) >= 11 is 0. The first-order valence-corrected chi connectivity index (χ1v) is 8.36. The van der Waals surface area contributed by atoms with Crippen LogP contribution in [0.5, 0.6) is 0 Å². The van der Waals surface area contributed by atoms with Crippen molar-refractivity contribution in [3.05, 3.63) is 35.9 Å². The van der Waals surface area contributed by atoms with Gasteiger partial charge in [-0.05, 0) is 18.4 Å². The highest BCUT2D eigenvalue weighted by atomic mass is 32.2. The van der Waals surface area contributed by atoms with E-state index in [1.807, 2.05) is 6.07 Å². The minimum atomic E-state index is -2.77. The lowest BCUT2D eigenvalue weighted by Gasteiger charge is -2.52. The topological polar surface area (TPSA) is 37.4 Å². The summed E-state index contributed by atoms with van der Waals surface area (Å²) in [6.07, 6.45) is 1.93. The fraction of sp³-hybridized carbons (Fsp3) is 0.571. The van der Waals surface area contributed by atoms with E-state index in [0.717, 1.165) is 32.5 Å². The third-order valence-electron chi connectivity index (χ3n) is 4.06. The van der Waals surface area contributed by atoms with Crippen molar-refractivity contribution in [2.75, 3.05) is 24.6 Å². The van der Waals surface area contributed by atoms with E-state index in [4.69, 9.17) is 0 Å². The molecule has 0 bridgehead atoms.